The number of rotatable bonds is 5. The number of nitrogens with zero attached hydrogens (tertiary/aromatic N) is 1. The first-order chi connectivity index (χ1) is 8.79. The summed E-state index contributed by atoms with van der Waals surface area (Å²) in [7, 11) is 0. The van der Waals surface area contributed by atoms with E-state index in [9.17, 15) is 5.11 Å². The van der Waals surface area contributed by atoms with Crippen molar-refractivity contribution in [2.24, 2.45) is 0 Å². The van der Waals surface area contributed by atoms with Gasteiger partial charge in [-0.25, -0.2) is 0 Å². The molecule has 4 heteroatoms. The van der Waals surface area contributed by atoms with Gasteiger partial charge in [0, 0.05) is 12.4 Å². The summed E-state index contributed by atoms with van der Waals surface area (Å²) < 4.78 is 5.40. The van der Waals surface area contributed by atoms with Crippen LogP contribution in [0.3, 0.4) is 0 Å². The van der Waals surface area contributed by atoms with Crippen LogP contribution in [0.1, 0.15) is 0 Å². The van der Waals surface area contributed by atoms with Gasteiger partial charge in [-0.05, 0) is 35.4 Å². The third-order valence-corrected chi connectivity index (χ3v) is 2.50. The molecular weight excluding hydrogens is 230 g/mol. The average molecular weight is 245 g/mol. The molecule has 0 amide bonds. The van der Waals surface area contributed by atoms with Crippen LogP contribution in [0, 0.1) is 0 Å². The molecule has 1 unspecified atom stereocenters. The highest BCUT2D eigenvalue weighted by Gasteiger charge is 2.04. The molecule has 0 aliphatic rings. The van der Waals surface area contributed by atoms with Gasteiger partial charge in [0.15, 0.2) is 0 Å². The van der Waals surface area contributed by atoms with E-state index >= 15 is 0 Å². The maximum atomic E-state index is 9.22. The molecular formula is C14H15NO3. The molecule has 1 aromatic heterocycles. The minimum absolute atomic E-state index is 0.0797. The standard InChI is InChI=1S/C14H15NO3/c16-9-13(17)10-18-14-3-1-2-12(8-14)11-4-6-15-7-5-11/h1-8,13,16-17H,9-10H2. The number of aliphatic hydroxyl groups excluding tert-OH is 2. The summed E-state index contributed by atoms with van der Waals surface area (Å²) in [5.41, 5.74) is 2.08. The van der Waals surface area contributed by atoms with E-state index in [-0.39, 0.29) is 13.2 Å². The van der Waals surface area contributed by atoms with Gasteiger partial charge in [0.2, 0.25) is 0 Å². The molecule has 1 heterocycles. The van der Waals surface area contributed by atoms with E-state index in [1.165, 1.54) is 0 Å². The molecule has 0 aliphatic carbocycles. The summed E-state index contributed by atoms with van der Waals surface area (Å²) in [6.07, 6.45) is 2.62. The van der Waals surface area contributed by atoms with E-state index in [0.29, 0.717) is 5.75 Å². The molecule has 0 bridgehead atoms. The zero-order chi connectivity index (χ0) is 12.8. The van der Waals surface area contributed by atoms with Crippen molar-refractivity contribution in [3.8, 4) is 16.9 Å². The Labute approximate surface area is 106 Å². The first-order valence-electron chi connectivity index (χ1n) is 5.72. The summed E-state index contributed by atoms with van der Waals surface area (Å²) >= 11 is 0. The van der Waals surface area contributed by atoms with Crippen molar-refractivity contribution < 1.29 is 14.9 Å². The number of aliphatic hydroxyl groups is 2. The Morgan fingerprint density at radius 2 is 1.89 bits per heavy atom. The Hall–Kier alpha value is -1.91. The number of hydrogen-bond acceptors (Lipinski definition) is 4. The minimum Gasteiger partial charge on any atom is -0.491 e. The number of pyridine rings is 1. The minimum atomic E-state index is -0.852. The summed E-state index contributed by atoms with van der Waals surface area (Å²) in [5.74, 6) is 0.664. The van der Waals surface area contributed by atoms with E-state index in [4.69, 9.17) is 9.84 Å². The molecule has 18 heavy (non-hydrogen) atoms. The van der Waals surface area contributed by atoms with Gasteiger partial charge in [0.25, 0.3) is 0 Å². The van der Waals surface area contributed by atoms with Crippen LogP contribution in [-0.4, -0.2) is 34.5 Å². The third kappa shape index (κ3) is 3.29. The Morgan fingerprint density at radius 1 is 1.11 bits per heavy atom. The lowest BCUT2D eigenvalue weighted by Gasteiger charge is -2.10. The van der Waals surface area contributed by atoms with Crippen LogP contribution in [0.4, 0.5) is 0 Å². The fourth-order valence-electron chi connectivity index (χ4n) is 1.55. The fourth-order valence-corrected chi connectivity index (χ4v) is 1.55. The molecule has 2 N–H and O–H groups in total. The predicted molar refractivity (Wildman–Crippen MR) is 68.3 cm³/mol. The molecule has 94 valence electrons. The number of benzene rings is 1. The fraction of sp³-hybridized carbons (Fsp3) is 0.214. The van der Waals surface area contributed by atoms with Crippen molar-refractivity contribution >= 4 is 0 Å². The average Bonchev–Trinajstić information content (AvgIpc) is 2.46. The molecule has 1 aromatic carbocycles. The van der Waals surface area contributed by atoms with Crippen LogP contribution >= 0.6 is 0 Å². The van der Waals surface area contributed by atoms with Crippen molar-refractivity contribution in [2.45, 2.75) is 6.10 Å². The highest BCUT2D eigenvalue weighted by molar-refractivity contribution is 5.64. The summed E-state index contributed by atoms with van der Waals surface area (Å²) in [6, 6.07) is 11.4. The van der Waals surface area contributed by atoms with E-state index in [2.05, 4.69) is 4.98 Å². The SMILES string of the molecule is OCC(O)COc1cccc(-c2ccncc2)c1. The predicted octanol–water partition coefficient (Wildman–Crippen LogP) is 1.48. The number of hydrogen-bond donors (Lipinski definition) is 2. The number of aromatic nitrogens is 1. The van der Waals surface area contributed by atoms with E-state index < -0.39 is 6.10 Å². The van der Waals surface area contributed by atoms with E-state index in [1.807, 2.05) is 36.4 Å². The lowest BCUT2D eigenvalue weighted by molar-refractivity contribution is 0.0536. The molecule has 0 aliphatic heterocycles. The Morgan fingerprint density at radius 3 is 2.61 bits per heavy atom. The smallest absolute Gasteiger partial charge is 0.120 e. The highest BCUT2D eigenvalue weighted by atomic mass is 16.5. The summed E-state index contributed by atoms with van der Waals surface area (Å²) in [4.78, 5) is 3.97. The van der Waals surface area contributed by atoms with Gasteiger partial charge in [0.1, 0.15) is 18.5 Å². The molecule has 0 fully saturated rings. The third-order valence-electron chi connectivity index (χ3n) is 2.50. The first kappa shape index (κ1) is 12.5. The van der Waals surface area contributed by atoms with E-state index in [1.54, 1.807) is 12.4 Å². The van der Waals surface area contributed by atoms with Crippen molar-refractivity contribution in [3.05, 3.63) is 48.8 Å². The quantitative estimate of drug-likeness (QED) is 0.837. The van der Waals surface area contributed by atoms with Crippen molar-refractivity contribution in [1.82, 2.24) is 4.98 Å². The Kier molecular flexibility index (Phi) is 4.28. The van der Waals surface area contributed by atoms with Crippen LogP contribution in [0.15, 0.2) is 48.8 Å². The molecule has 0 saturated carbocycles. The highest BCUT2D eigenvalue weighted by Crippen LogP contribution is 2.23. The lowest BCUT2D eigenvalue weighted by atomic mass is 10.1. The lowest BCUT2D eigenvalue weighted by Crippen LogP contribution is -2.21. The summed E-state index contributed by atoms with van der Waals surface area (Å²) in [6.45, 7) is -0.222. The summed E-state index contributed by atoms with van der Waals surface area (Å²) in [5, 5.41) is 17.9. The van der Waals surface area contributed by atoms with Gasteiger partial charge < -0.3 is 14.9 Å². The van der Waals surface area contributed by atoms with Gasteiger partial charge in [0.05, 0.1) is 6.61 Å². The Balaban J connectivity index is 2.11. The van der Waals surface area contributed by atoms with Crippen LogP contribution < -0.4 is 4.74 Å². The second kappa shape index (κ2) is 6.14. The Bertz CT molecular complexity index is 487. The van der Waals surface area contributed by atoms with Crippen LogP contribution in [0.5, 0.6) is 5.75 Å². The maximum Gasteiger partial charge on any atom is 0.120 e. The van der Waals surface area contributed by atoms with Gasteiger partial charge in [-0.2, -0.15) is 0 Å². The molecule has 2 aromatic rings. The largest absolute Gasteiger partial charge is 0.491 e. The number of ether oxygens (including phenoxy) is 1. The molecule has 0 spiro atoms. The molecule has 0 saturated heterocycles. The monoisotopic (exact) mass is 245 g/mol. The molecule has 2 rings (SSSR count). The van der Waals surface area contributed by atoms with Gasteiger partial charge in [-0.1, -0.05) is 12.1 Å². The van der Waals surface area contributed by atoms with E-state index in [0.717, 1.165) is 11.1 Å². The molecule has 0 radical (unpaired) electrons. The van der Waals surface area contributed by atoms with Gasteiger partial charge in [-0.3, -0.25) is 4.98 Å². The first-order valence-corrected chi connectivity index (χ1v) is 5.72. The van der Waals surface area contributed by atoms with Crippen LogP contribution in [0.2, 0.25) is 0 Å². The van der Waals surface area contributed by atoms with Crippen molar-refractivity contribution in [2.75, 3.05) is 13.2 Å². The normalized spacial score (nSPS) is 12.1. The second-order valence-corrected chi connectivity index (χ2v) is 3.91. The molecule has 1 atom stereocenters. The zero-order valence-electron chi connectivity index (χ0n) is 9.86. The zero-order valence-corrected chi connectivity index (χ0v) is 9.86. The van der Waals surface area contributed by atoms with Crippen LogP contribution in [-0.2, 0) is 0 Å². The maximum absolute atomic E-state index is 9.22. The second-order valence-electron chi connectivity index (χ2n) is 3.91. The topological polar surface area (TPSA) is 62.6 Å². The van der Waals surface area contributed by atoms with Crippen LogP contribution in [0.25, 0.3) is 11.1 Å². The molecule has 4 nitrogen and oxygen atoms in total. The van der Waals surface area contributed by atoms with Gasteiger partial charge in [-0.15, -0.1) is 0 Å². The van der Waals surface area contributed by atoms with Gasteiger partial charge >= 0.3 is 0 Å². The van der Waals surface area contributed by atoms with Crippen molar-refractivity contribution in [3.63, 3.8) is 0 Å². The van der Waals surface area contributed by atoms with Crippen molar-refractivity contribution in [1.29, 1.82) is 0 Å².